The lowest BCUT2D eigenvalue weighted by molar-refractivity contribution is -0.111. The SMILES string of the molecule is [N-]=[N+]=NC[C@@H](O)[C@@H](O)CC=O. The fraction of sp³-hybridized carbons (Fsp3) is 0.800. The molecule has 0 unspecified atom stereocenters. The molecule has 0 aliphatic rings. The Kier molecular flexibility index (Phi) is 5.10. The van der Waals surface area contributed by atoms with E-state index in [9.17, 15) is 4.79 Å². The Bertz CT molecular complexity index is 166. The van der Waals surface area contributed by atoms with E-state index < -0.39 is 12.2 Å². The topological polar surface area (TPSA) is 106 Å². The lowest BCUT2D eigenvalue weighted by Gasteiger charge is -2.11. The molecule has 0 aromatic heterocycles. The molecule has 0 rings (SSSR count). The molecule has 0 fully saturated rings. The average molecular weight is 159 g/mol. The summed E-state index contributed by atoms with van der Waals surface area (Å²) in [6.45, 7) is -0.217. The van der Waals surface area contributed by atoms with Gasteiger partial charge in [0.2, 0.25) is 0 Å². The molecule has 0 heterocycles. The van der Waals surface area contributed by atoms with E-state index in [1.54, 1.807) is 0 Å². The molecule has 62 valence electrons. The van der Waals surface area contributed by atoms with Crippen LogP contribution in [0.5, 0.6) is 0 Å². The quantitative estimate of drug-likeness (QED) is 0.247. The summed E-state index contributed by atoms with van der Waals surface area (Å²) in [5.74, 6) is 0. The first-order valence-electron chi connectivity index (χ1n) is 3.03. The summed E-state index contributed by atoms with van der Waals surface area (Å²) in [4.78, 5) is 12.2. The van der Waals surface area contributed by atoms with Crippen molar-refractivity contribution < 1.29 is 15.0 Å². The Morgan fingerprint density at radius 3 is 2.64 bits per heavy atom. The van der Waals surface area contributed by atoms with Crippen LogP contribution in [0.25, 0.3) is 10.4 Å². The second-order valence-corrected chi connectivity index (χ2v) is 1.95. The number of nitrogens with zero attached hydrogens (tertiary/aromatic N) is 3. The van der Waals surface area contributed by atoms with Crippen molar-refractivity contribution in [3.8, 4) is 0 Å². The zero-order valence-corrected chi connectivity index (χ0v) is 5.79. The van der Waals surface area contributed by atoms with Gasteiger partial charge in [0, 0.05) is 11.3 Å². The van der Waals surface area contributed by atoms with Gasteiger partial charge in [-0.1, -0.05) is 5.11 Å². The third-order valence-corrected chi connectivity index (χ3v) is 1.11. The van der Waals surface area contributed by atoms with Crippen molar-refractivity contribution in [2.75, 3.05) is 6.54 Å². The Morgan fingerprint density at radius 2 is 2.18 bits per heavy atom. The molecular weight excluding hydrogens is 150 g/mol. The van der Waals surface area contributed by atoms with Crippen LogP contribution in [-0.2, 0) is 4.79 Å². The minimum Gasteiger partial charge on any atom is -0.390 e. The van der Waals surface area contributed by atoms with Crippen molar-refractivity contribution in [3.05, 3.63) is 10.4 Å². The molecule has 0 aliphatic carbocycles. The van der Waals surface area contributed by atoms with Crippen LogP contribution in [0.15, 0.2) is 5.11 Å². The van der Waals surface area contributed by atoms with E-state index in [4.69, 9.17) is 15.7 Å². The summed E-state index contributed by atoms with van der Waals surface area (Å²) < 4.78 is 0. The van der Waals surface area contributed by atoms with Gasteiger partial charge in [-0.3, -0.25) is 0 Å². The predicted molar refractivity (Wildman–Crippen MR) is 36.7 cm³/mol. The van der Waals surface area contributed by atoms with Crippen LogP contribution >= 0.6 is 0 Å². The number of carbonyl (C=O) groups excluding carboxylic acids is 1. The maximum Gasteiger partial charge on any atom is 0.122 e. The summed E-state index contributed by atoms with van der Waals surface area (Å²) in [5, 5.41) is 20.8. The number of aliphatic hydroxyl groups is 2. The normalized spacial score (nSPS) is 14.7. The van der Waals surface area contributed by atoms with E-state index in [2.05, 4.69) is 10.0 Å². The number of aldehydes is 1. The van der Waals surface area contributed by atoms with Crippen molar-refractivity contribution in [3.63, 3.8) is 0 Å². The monoisotopic (exact) mass is 159 g/mol. The number of rotatable bonds is 5. The first-order valence-corrected chi connectivity index (χ1v) is 3.03. The van der Waals surface area contributed by atoms with E-state index >= 15 is 0 Å². The minimum atomic E-state index is -1.16. The molecule has 0 aromatic carbocycles. The van der Waals surface area contributed by atoms with Gasteiger partial charge in [-0.2, -0.15) is 0 Å². The van der Waals surface area contributed by atoms with Crippen LogP contribution in [0.2, 0.25) is 0 Å². The standard InChI is InChI=1S/C5H9N3O3/c6-8-7-3-5(11)4(10)1-2-9/h2,4-5,10-11H,1,3H2/t4-,5+/m0/s1. The van der Waals surface area contributed by atoms with Crippen LogP contribution in [-0.4, -0.2) is 35.3 Å². The average Bonchev–Trinajstić information content (AvgIpc) is 2.00. The molecule has 0 amide bonds. The Morgan fingerprint density at radius 1 is 1.55 bits per heavy atom. The lowest BCUT2D eigenvalue weighted by atomic mass is 10.1. The van der Waals surface area contributed by atoms with Crippen molar-refractivity contribution in [2.24, 2.45) is 5.11 Å². The first-order chi connectivity index (χ1) is 5.22. The second-order valence-electron chi connectivity index (χ2n) is 1.95. The molecule has 0 bridgehead atoms. The molecule has 11 heavy (non-hydrogen) atoms. The Balaban J connectivity index is 3.70. The molecule has 6 nitrogen and oxygen atoms in total. The molecule has 0 radical (unpaired) electrons. The zero-order valence-electron chi connectivity index (χ0n) is 5.79. The van der Waals surface area contributed by atoms with Crippen molar-refractivity contribution in [1.29, 1.82) is 0 Å². The third-order valence-electron chi connectivity index (χ3n) is 1.11. The molecule has 0 saturated carbocycles. The van der Waals surface area contributed by atoms with Crippen molar-refractivity contribution >= 4 is 6.29 Å². The Hall–Kier alpha value is -1.10. The molecule has 0 aliphatic heterocycles. The maximum atomic E-state index is 9.82. The number of hydrogen-bond donors (Lipinski definition) is 2. The molecule has 0 aromatic rings. The molecule has 6 heteroatoms. The molecular formula is C5H9N3O3. The molecule has 0 saturated heterocycles. The lowest BCUT2D eigenvalue weighted by Crippen LogP contribution is -2.28. The summed E-state index contributed by atoms with van der Waals surface area (Å²) in [5.41, 5.74) is 7.82. The van der Waals surface area contributed by atoms with Crippen molar-refractivity contribution in [1.82, 2.24) is 0 Å². The van der Waals surface area contributed by atoms with Gasteiger partial charge in [-0.25, -0.2) is 0 Å². The highest BCUT2D eigenvalue weighted by atomic mass is 16.3. The fourth-order valence-corrected chi connectivity index (χ4v) is 0.498. The molecule has 2 atom stereocenters. The van der Waals surface area contributed by atoms with Gasteiger partial charge in [0.15, 0.2) is 0 Å². The summed E-state index contributed by atoms with van der Waals surface area (Å²) in [7, 11) is 0. The highest BCUT2D eigenvalue weighted by Gasteiger charge is 2.13. The Labute approximate surface area is 63.1 Å². The molecule has 0 spiro atoms. The van der Waals surface area contributed by atoms with Gasteiger partial charge in [0.1, 0.15) is 6.29 Å². The van der Waals surface area contributed by atoms with Gasteiger partial charge < -0.3 is 15.0 Å². The van der Waals surface area contributed by atoms with Crippen molar-refractivity contribution in [2.45, 2.75) is 18.6 Å². The van der Waals surface area contributed by atoms with Crippen LogP contribution < -0.4 is 0 Å². The number of hydrogen-bond acceptors (Lipinski definition) is 4. The minimum absolute atomic E-state index is 0.151. The van der Waals surface area contributed by atoms with Crippen LogP contribution in [0, 0.1) is 0 Å². The number of aliphatic hydroxyl groups excluding tert-OH is 2. The maximum absolute atomic E-state index is 9.82. The highest BCUT2D eigenvalue weighted by molar-refractivity contribution is 5.50. The van der Waals surface area contributed by atoms with E-state index in [1.165, 1.54) is 0 Å². The van der Waals surface area contributed by atoms with Crippen LogP contribution in [0.3, 0.4) is 0 Å². The van der Waals surface area contributed by atoms with Gasteiger partial charge >= 0.3 is 0 Å². The van der Waals surface area contributed by atoms with Crippen LogP contribution in [0.4, 0.5) is 0 Å². The fourth-order valence-electron chi connectivity index (χ4n) is 0.498. The predicted octanol–water partition coefficient (Wildman–Crippen LogP) is -0.393. The number of azide groups is 1. The van der Waals surface area contributed by atoms with E-state index in [1.807, 2.05) is 0 Å². The van der Waals surface area contributed by atoms with E-state index in [-0.39, 0.29) is 13.0 Å². The van der Waals surface area contributed by atoms with Crippen LogP contribution in [0.1, 0.15) is 6.42 Å². The van der Waals surface area contributed by atoms with E-state index in [0.717, 1.165) is 0 Å². The van der Waals surface area contributed by atoms with Gasteiger partial charge in [0.05, 0.1) is 18.8 Å². The number of carbonyl (C=O) groups is 1. The van der Waals surface area contributed by atoms with Gasteiger partial charge in [0.25, 0.3) is 0 Å². The first kappa shape index (κ1) is 9.90. The second kappa shape index (κ2) is 5.67. The summed E-state index contributed by atoms with van der Waals surface area (Å²) in [6, 6.07) is 0. The zero-order chi connectivity index (χ0) is 8.69. The van der Waals surface area contributed by atoms with E-state index in [0.29, 0.717) is 6.29 Å². The van der Waals surface area contributed by atoms with Gasteiger partial charge in [-0.15, -0.1) is 0 Å². The van der Waals surface area contributed by atoms with Gasteiger partial charge in [-0.05, 0) is 5.53 Å². The third kappa shape index (κ3) is 4.32. The summed E-state index contributed by atoms with van der Waals surface area (Å²) >= 11 is 0. The smallest absolute Gasteiger partial charge is 0.122 e. The largest absolute Gasteiger partial charge is 0.390 e. The molecule has 2 N–H and O–H groups in total. The highest BCUT2D eigenvalue weighted by Crippen LogP contribution is 1.97. The summed E-state index contributed by atoms with van der Waals surface area (Å²) in [6.07, 6.45) is -1.96.